The normalized spacial score (nSPS) is 14.4. The second-order valence-electron chi connectivity index (χ2n) is 6.89. The topological polar surface area (TPSA) is 0 Å². The highest BCUT2D eigenvalue weighted by Gasteiger charge is 2.15. The maximum absolute atomic E-state index is 2.37. The van der Waals surface area contributed by atoms with E-state index in [4.69, 9.17) is 0 Å². The number of hydrogen-bond donors (Lipinski definition) is 0. The third-order valence-corrected chi connectivity index (χ3v) is 4.74. The quantitative estimate of drug-likeness (QED) is 0.269. The molecule has 0 heteroatoms. The minimum atomic E-state index is 1.02. The van der Waals surface area contributed by atoms with Crippen molar-refractivity contribution in [3.8, 4) is 0 Å². The van der Waals surface area contributed by atoms with Gasteiger partial charge in [0.25, 0.3) is 0 Å². The van der Waals surface area contributed by atoms with Gasteiger partial charge in [-0.2, -0.15) is 0 Å². The van der Waals surface area contributed by atoms with Crippen molar-refractivity contribution in [3.63, 3.8) is 0 Å². The minimum absolute atomic E-state index is 1.02. The van der Waals surface area contributed by atoms with Gasteiger partial charge in [-0.25, -0.2) is 0 Å². The van der Waals surface area contributed by atoms with E-state index in [0.717, 1.165) is 11.8 Å². The van der Waals surface area contributed by atoms with E-state index in [1.54, 1.807) is 0 Å². The van der Waals surface area contributed by atoms with Crippen LogP contribution in [0.4, 0.5) is 0 Å². The van der Waals surface area contributed by atoms with Gasteiger partial charge in [0.15, 0.2) is 0 Å². The van der Waals surface area contributed by atoms with Crippen LogP contribution in [0.25, 0.3) is 0 Å². The molecule has 0 saturated carbocycles. The molecule has 0 bridgehead atoms. The summed E-state index contributed by atoms with van der Waals surface area (Å²) in [4.78, 5) is 0. The smallest absolute Gasteiger partial charge is 0.0412 e. The molecule has 0 amide bonds. The van der Waals surface area contributed by atoms with E-state index in [9.17, 15) is 0 Å². The molecule has 122 valence electrons. The highest BCUT2D eigenvalue weighted by molar-refractivity contribution is 4.67. The van der Waals surface area contributed by atoms with Crippen LogP contribution in [0.15, 0.2) is 0 Å². The zero-order chi connectivity index (χ0) is 15.1. The van der Waals surface area contributed by atoms with Crippen molar-refractivity contribution in [1.82, 2.24) is 0 Å². The van der Waals surface area contributed by atoms with Crippen LogP contribution in [0.1, 0.15) is 118 Å². The summed E-state index contributed by atoms with van der Waals surface area (Å²) < 4.78 is 0. The summed E-state index contributed by atoms with van der Waals surface area (Å²) in [7, 11) is 0. The van der Waals surface area contributed by atoms with Crippen molar-refractivity contribution in [2.75, 3.05) is 0 Å². The average Bonchev–Trinajstić information content (AvgIpc) is 2.44. The van der Waals surface area contributed by atoms with Gasteiger partial charge in [-0.15, -0.1) is 0 Å². The second-order valence-corrected chi connectivity index (χ2v) is 6.89. The van der Waals surface area contributed by atoms with E-state index >= 15 is 0 Å². The van der Waals surface area contributed by atoms with Crippen molar-refractivity contribution in [2.24, 2.45) is 11.8 Å². The first-order valence-electron chi connectivity index (χ1n) is 9.78. The summed E-state index contributed by atoms with van der Waals surface area (Å²) >= 11 is 0. The summed E-state index contributed by atoms with van der Waals surface area (Å²) in [5.74, 6) is 2.04. The lowest BCUT2D eigenvalue weighted by molar-refractivity contribution is 0.293. The first-order chi connectivity index (χ1) is 9.78. The molecule has 0 nitrogen and oxygen atoms in total. The molecule has 0 N–H and O–H groups in total. The molecule has 2 unspecified atom stereocenters. The van der Waals surface area contributed by atoms with Gasteiger partial charge in [-0.1, -0.05) is 111 Å². The molecule has 2 atom stereocenters. The van der Waals surface area contributed by atoms with E-state index < -0.39 is 0 Å². The Morgan fingerprint density at radius 3 is 1.45 bits per heavy atom. The van der Waals surface area contributed by atoms with Gasteiger partial charge in [0.1, 0.15) is 0 Å². The molecule has 0 radical (unpaired) electrons. The Balaban J connectivity index is 3.98. The fourth-order valence-electron chi connectivity index (χ4n) is 3.58. The SMILES string of the molecule is CCCCCCCC(CCC)CC(CCC)CCCC. The number of hydrogen-bond acceptors (Lipinski definition) is 0. The summed E-state index contributed by atoms with van der Waals surface area (Å²) in [6, 6.07) is 0. The fraction of sp³-hybridized carbons (Fsp3) is 1.00. The van der Waals surface area contributed by atoms with Crippen LogP contribution >= 0.6 is 0 Å². The predicted molar refractivity (Wildman–Crippen MR) is 94.3 cm³/mol. The molecule has 0 aliphatic rings. The van der Waals surface area contributed by atoms with Crippen LogP contribution in [0.2, 0.25) is 0 Å². The Hall–Kier alpha value is 0. The van der Waals surface area contributed by atoms with Gasteiger partial charge >= 0.3 is 0 Å². The molecule has 0 saturated heterocycles. The largest absolute Gasteiger partial charge is 0.0654 e. The van der Waals surface area contributed by atoms with Gasteiger partial charge in [0.05, 0.1) is 0 Å². The lowest BCUT2D eigenvalue weighted by atomic mass is 9.83. The molecular weight excluding hydrogens is 240 g/mol. The first kappa shape index (κ1) is 20.0. The maximum Gasteiger partial charge on any atom is -0.0412 e. The lowest BCUT2D eigenvalue weighted by Crippen LogP contribution is -2.10. The molecule has 20 heavy (non-hydrogen) atoms. The van der Waals surface area contributed by atoms with Gasteiger partial charge in [0.2, 0.25) is 0 Å². The lowest BCUT2D eigenvalue weighted by Gasteiger charge is -2.23. The maximum atomic E-state index is 2.37. The first-order valence-corrected chi connectivity index (χ1v) is 9.78. The number of rotatable bonds is 15. The van der Waals surface area contributed by atoms with Crippen LogP contribution in [0.5, 0.6) is 0 Å². The van der Waals surface area contributed by atoms with E-state index in [0.29, 0.717) is 0 Å². The highest BCUT2D eigenvalue weighted by atomic mass is 14.2. The molecule has 0 aliphatic carbocycles. The van der Waals surface area contributed by atoms with Gasteiger partial charge in [0, 0.05) is 0 Å². The summed E-state index contributed by atoms with van der Waals surface area (Å²) in [5, 5.41) is 0. The van der Waals surface area contributed by atoms with Crippen molar-refractivity contribution in [1.29, 1.82) is 0 Å². The van der Waals surface area contributed by atoms with Crippen LogP contribution in [0.3, 0.4) is 0 Å². The molecule has 0 aliphatic heterocycles. The monoisotopic (exact) mass is 282 g/mol. The molecule has 0 spiro atoms. The van der Waals surface area contributed by atoms with E-state index in [1.807, 2.05) is 0 Å². The molecule has 0 aromatic heterocycles. The van der Waals surface area contributed by atoms with E-state index in [2.05, 4.69) is 27.7 Å². The third kappa shape index (κ3) is 11.8. The van der Waals surface area contributed by atoms with Gasteiger partial charge in [-0.05, 0) is 18.3 Å². The van der Waals surface area contributed by atoms with Crippen molar-refractivity contribution in [2.45, 2.75) is 118 Å². The van der Waals surface area contributed by atoms with Gasteiger partial charge in [-0.3, -0.25) is 0 Å². The Kier molecular flexibility index (Phi) is 15.4. The summed E-state index contributed by atoms with van der Waals surface area (Å²) in [5.41, 5.74) is 0. The zero-order valence-electron chi connectivity index (χ0n) is 15.1. The average molecular weight is 283 g/mol. The van der Waals surface area contributed by atoms with Crippen LogP contribution in [-0.4, -0.2) is 0 Å². The molecule has 0 fully saturated rings. The summed E-state index contributed by atoms with van der Waals surface area (Å²) in [6.07, 6.45) is 20.3. The van der Waals surface area contributed by atoms with Crippen molar-refractivity contribution < 1.29 is 0 Å². The van der Waals surface area contributed by atoms with Crippen LogP contribution < -0.4 is 0 Å². The highest BCUT2D eigenvalue weighted by Crippen LogP contribution is 2.29. The second kappa shape index (κ2) is 15.4. The van der Waals surface area contributed by atoms with Gasteiger partial charge < -0.3 is 0 Å². The fourth-order valence-corrected chi connectivity index (χ4v) is 3.58. The summed E-state index contributed by atoms with van der Waals surface area (Å²) in [6.45, 7) is 9.37. The molecule has 0 heterocycles. The van der Waals surface area contributed by atoms with Crippen LogP contribution in [-0.2, 0) is 0 Å². The Bertz CT molecular complexity index is 173. The van der Waals surface area contributed by atoms with E-state index in [1.165, 1.54) is 89.9 Å². The molecule has 0 rings (SSSR count). The minimum Gasteiger partial charge on any atom is -0.0654 e. The molecule has 0 aromatic rings. The Labute approximate surface area is 130 Å². The molecule has 0 aromatic carbocycles. The standard InChI is InChI=1S/C20H42/c1-5-9-11-12-13-17-20(15-8-4)18-19(14-7-3)16-10-6-2/h19-20H,5-18H2,1-4H3. The van der Waals surface area contributed by atoms with Crippen molar-refractivity contribution >= 4 is 0 Å². The van der Waals surface area contributed by atoms with Crippen LogP contribution in [0, 0.1) is 11.8 Å². The predicted octanol–water partition coefficient (Wildman–Crippen LogP) is 7.76. The zero-order valence-corrected chi connectivity index (χ0v) is 15.1. The Morgan fingerprint density at radius 1 is 0.450 bits per heavy atom. The third-order valence-electron chi connectivity index (χ3n) is 4.74. The number of unbranched alkanes of at least 4 members (excludes halogenated alkanes) is 5. The van der Waals surface area contributed by atoms with E-state index in [-0.39, 0.29) is 0 Å². The molecular formula is C20H42. The Morgan fingerprint density at radius 2 is 0.950 bits per heavy atom. The van der Waals surface area contributed by atoms with Crippen molar-refractivity contribution in [3.05, 3.63) is 0 Å².